The number of aryl methyl sites for hydroxylation is 1. The van der Waals surface area contributed by atoms with Crippen LogP contribution in [0.25, 0.3) is 0 Å². The molecule has 0 aliphatic carbocycles. The van der Waals surface area contributed by atoms with Gasteiger partial charge in [0.05, 0.1) is 0 Å². The molecule has 1 aliphatic heterocycles. The number of piperazine rings is 1. The maximum absolute atomic E-state index is 11.0. The number of hydrogen-bond acceptors (Lipinski definition) is 3. The molecule has 0 aromatic heterocycles. The second-order valence-corrected chi connectivity index (χ2v) is 5.14. The fourth-order valence-corrected chi connectivity index (χ4v) is 2.58. The minimum Gasteiger partial charge on any atom is -0.480 e. The van der Waals surface area contributed by atoms with Crippen molar-refractivity contribution in [2.45, 2.75) is 13.0 Å². The zero-order chi connectivity index (χ0) is 12.4. The molecule has 1 saturated heterocycles. The van der Waals surface area contributed by atoms with Gasteiger partial charge >= 0.3 is 5.97 Å². The van der Waals surface area contributed by atoms with Gasteiger partial charge < -0.3 is 15.3 Å². The van der Waals surface area contributed by atoms with Crippen molar-refractivity contribution < 1.29 is 9.90 Å². The molecular weight excluding hydrogens is 284 g/mol. The van der Waals surface area contributed by atoms with Crippen LogP contribution in [0.2, 0.25) is 0 Å². The lowest BCUT2D eigenvalue weighted by atomic mass is 10.1. The predicted molar refractivity (Wildman–Crippen MR) is 70.5 cm³/mol. The largest absolute Gasteiger partial charge is 0.480 e. The van der Waals surface area contributed by atoms with Gasteiger partial charge in [0.2, 0.25) is 0 Å². The first-order chi connectivity index (χ1) is 8.08. The van der Waals surface area contributed by atoms with Gasteiger partial charge in [0.1, 0.15) is 6.04 Å². The van der Waals surface area contributed by atoms with E-state index in [1.807, 2.05) is 25.1 Å². The fraction of sp³-hybridized carbons (Fsp3) is 0.417. The quantitative estimate of drug-likeness (QED) is 0.871. The summed E-state index contributed by atoms with van der Waals surface area (Å²) in [5.74, 6) is -0.788. The number of nitrogens with one attached hydrogen (secondary N) is 1. The van der Waals surface area contributed by atoms with Crippen LogP contribution in [0, 0.1) is 6.92 Å². The number of carboxylic acids is 1. The van der Waals surface area contributed by atoms with Crippen molar-refractivity contribution in [2.75, 3.05) is 24.5 Å². The van der Waals surface area contributed by atoms with E-state index in [2.05, 4.69) is 26.1 Å². The average molecular weight is 299 g/mol. The third kappa shape index (κ3) is 2.79. The van der Waals surface area contributed by atoms with Crippen molar-refractivity contribution in [3.8, 4) is 0 Å². The highest BCUT2D eigenvalue weighted by atomic mass is 79.9. The Kier molecular flexibility index (Phi) is 3.69. The second kappa shape index (κ2) is 5.06. The molecule has 0 saturated carbocycles. The summed E-state index contributed by atoms with van der Waals surface area (Å²) in [6.45, 7) is 4.09. The van der Waals surface area contributed by atoms with Crippen LogP contribution in [0.15, 0.2) is 22.7 Å². The van der Waals surface area contributed by atoms with Gasteiger partial charge in [-0.05, 0) is 30.7 Å². The first-order valence-corrected chi connectivity index (χ1v) is 6.34. The Morgan fingerprint density at radius 1 is 1.59 bits per heavy atom. The highest BCUT2D eigenvalue weighted by molar-refractivity contribution is 9.10. The molecule has 0 radical (unpaired) electrons. The lowest BCUT2D eigenvalue weighted by Gasteiger charge is -2.34. The lowest BCUT2D eigenvalue weighted by molar-refractivity contribution is -0.139. The average Bonchev–Trinajstić information content (AvgIpc) is 2.29. The van der Waals surface area contributed by atoms with Gasteiger partial charge in [-0.2, -0.15) is 0 Å². The number of halogens is 1. The van der Waals surface area contributed by atoms with Gasteiger partial charge in [-0.1, -0.05) is 15.9 Å². The predicted octanol–water partition coefficient (Wildman–Crippen LogP) is 1.62. The van der Waals surface area contributed by atoms with Crippen molar-refractivity contribution in [3.63, 3.8) is 0 Å². The number of anilines is 1. The summed E-state index contributed by atoms with van der Waals surface area (Å²) in [7, 11) is 0. The number of carbonyl (C=O) groups is 1. The van der Waals surface area contributed by atoms with Gasteiger partial charge in [-0.3, -0.25) is 4.79 Å². The molecule has 1 aliphatic rings. The van der Waals surface area contributed by atoms with E-state index < -0.39 is 12.0 Å². The van der Waals surface area contributed by atoms with Crippen LogP contribution in [-0.2, 0) is 4.79 Å². The van der Waals surface area contributed by atoms with E-state index in [4.69, 9.17) is 5.11 Å². The highest BCUT2D eigenvalue weighted by Gasteiger charge is 2.25. The zero-order valence-corrected chi connectivity index (χ0v) is 11.2. The Labute approximate surface area is 109 Å². The standard InChI is InChI=1S/C12H15BrN2O2/c1-8-6-9(13)2-3-11(8)15-5-4-14-10(7-15)12(16)17/h2-3,6,10,14H,4-5,7H2,1H3,(H,16,17). The molecular formula is C12H15BrN2O2. The molecule has 1 aromatic carbocycles. The SMILES string of the molecule is Cc1cc(Br)ccc1N1CCNC(C(=O)O)C1. The monoisotopic (exact) mass is 298 g/mol. The number of aliphatic carboxylic acids is 1. The number of benzene rings is 1. The van der Waals surface area contributed by atoms with Crippen molar-refractivity contribution >= 4 is 27.6 Å². The molecule has 1 heterocycles. The second-order valence-electron chi connectivity index (χ2n) is 4.22. The summed E-state index contributed by atoms with van der Waals surface area (Å²) in [4.78, 5) is 13.1. The first kappa shape index (κ1) is 12.4. The Bertz CT molecular complexity index is 437. The summed E-state index contributed by atoms with van der Waals surface area (Å²) >= 11 is 3.43. The third-order valence-corrected chi connectivity index (χ3v) is 3.47. The Morgan fingerprint density at radius 3 is 3.00 bits per heavy atom. The maximum atomic E-state index is 11.0. The third-order valence-electron chi connectivity index (χ3n) is 2.97. The summed E-state index contributed by atoms with van der Waals surface area (Å²) in [5.41, 5.74) is 2.27. The molecule has 17 heavy (non-hydrogen) atoms. The van der Waals surface area contributed by atoms with Crippen molar-refractivity contribution in [2.24, 2.45) is 0 Å². The van der Waals surface area contributed by atoms with E-state index in [1.165, 1.54) is 0 Å². The van der Waals surface area contributed by atoms with Crippen LogP contribution in [0.5, 0.6) is 0 Å². The first-order valence-electron chi connectivity index (χ1n) is 5.55. The van der Waals surface area contributed by atoms with Crippen molar-refractivity contribution in [1.29, 1.82) is 0 Å². The topological polar surface area (TPSA) is 52.6 Å². The molecule has 0 spiro atoms. The van der Waals surface area contributed by atoms with E-state index in [0.717, 1.165) is 22.3 Å². The molecule has 2 N–H and O–H groups in total. The molecule has 5 heteroatoms. The zero-order valence-electron chi connectivity index (χ0n) is 9.61. The molecule has 2 rings (SSSR count). The van der Waals surface area contributed by atoms with E-state index in [0.29, 0.717) is 13.1 Å². The van der Waals surface area contributed by atoms with E-state index >= 15 is 0 Å². The smallest absolute Gasteiger partial charge is 0.322 e. The van der Waals surface area contributed by atoms with Crippen LogP contribution in [0.3, 0.4) is 0 Å². The summed E-state index contributed by atoms with van der Waals surface area (Å²) < 4.78 is 1.05. The number of nitrogens with zero attached hydrogens (tertiary/aromatic N) is 1. The molecule has 1 atom stereocenters. The number of rotatable bonds is 2. The van der Waals surface area contributed by atoms with Gasteiger partial charge in [-0.15, -0.1) is 0 Å². The highest BCUT2D eigenvalue weighted by Crippen LogP contribution is 2.24. The Hall–Kier alpha value is -1.07. The minimum absolute atomic E-state index is 0.480. The van der Waals surface area contributed by atoms with Crippen molar-refractivity contribution in [1.82, 2.24) is 5.32 Å². The number of hydrogen-bond donors (Lipinski definition) is 2. The Morgan fingerprint density at radius 2 is 2.35 bits per heavy atom. The van der Waals surface area contributed by atoms with Crippen LogP contribution in [0.4, 0.5) is 5.69 Å². The molecule has 92 valence electrons. The van der Waals surface area contributed by atoms with Crippen molar-refractivity contribution in [3.05, 3.63) is 28.2 Å². The van der Waals surface area contributed by atoms with Crippen LogP contribution in [-0.4, -0.2) is 36.8 Å². The Balaban J connectivity index is 2.19. The summed E-state index contributed by atoms with van der Waals surface area (Å²) in [6, 6.07) is 5.59. The molecule has 0 bridgehead atoms. The lowest BCUT2D eigenvalue weighted by Crippen LogP contribution is -2.54. The van der Waals surface area contributed by atoms with Gasteiger partial charge in [0.25, 0.3) is 0 Å². The van der Waals surface area contributed by atoms with Crippen LogP contribution < -0.4 is 10.2 Å². The molecule has 1 unspecified atom stereocenters. The van der Waals surface area contributed by atoms with E-state index in [1.54, 1.807) is 0 Å². The van der Waals surface area contributed by atoms with Gasteiger partial charge in [0.15, 0.2) is 0 Å². The van der Waals surface area contributed by atoms with Crippen LogP contribution >= 0.6 is 15.9 Å². The summed E-state index contributed by atoms with van der Waals surface area (Å²) in [6.07, 6.45) is 0. The van der Waals surface area contributed by atoms with E-state index in [-0.39, 0.29) is 0 Å². The molecule has 1 aromatic rings. The van der Waals surface area contributed by atoms with Gasteiger partial charge in [0, 0.05) is 29.8 Å². The molecule has 1 fully saturated rings. The van der Waals surface area contributed by atoms with Gasteiger partial charge in [-0.25, -0.2) is 0 Å². The minimum atomic E-state index is -0.788. The van der Waals surface area contributed by atoms with Crippen LogP contribution in [0.1, 0.15) is 5.56 Å². The number of carboxylic acid groups (broad SMARTS) is 1. The maximum Gasteiger partial charge on any atom is 0.322 e. The normalized spacial score (nSPS) is 20.4. The van der Waals surface area contributed by atoms with E-state index in [9.17, 15) is 4.79 Å². The molecule has 4 nitrogen and oxygen atoms in total. The fourth-order valence-electron chi connectivity index (χ4n) is 2.11. The molecule has 0 amide bonds. The summed E-state index contributed by atoms with van der Waals surface area (Å²) in [5, 5.41) is 12.0.